The van der Waals surface area contributed by atoms with E-state index < -0.39 is 6.10 Å². The predicted octanol–water partition coefficient (Wildman–Crippen LogP) is 5.47. The molecule has 4 aliphatic carbocycles. The van der Waals surface area contributed by atoms with Crippen molar-refractivity contribution in [2.75, 3.05) is 13.2 Å². The van der Waals surface area contributed by atoms with Gasteiger partial charge in [-0.25, -0.2) is 0 Å². The standard InChI is InChI=1S/C28H46O4/c1-18(6-5-12-27(3)31-14-15-32-27)22-9-10-23-21-8-7-19-16-20(29)17-25(30)28(19,4)24(21)11-13-26(22,23)2/h7,18,20-25,29-30H,5-6,8-17H2,1-4H3/t18-,20-,21+,22-,23+,24+,25+,26-,28+/m1/s1. The fourth-order valence-electron chi connectivity index (χ4n) is 9.32. The Labute approximate surface area is 195 Å². The van der Waals surface area contributed by atoms with Gasteiger partial charge in [-0.05, 0) is 86.9 Å². The van der Waals surface area contributed by atoms with E-state index in [0.29, 0.717) is 23.7 Å². The number of aliphatic hydroxyl groups excluding tert-OH is 2. The SMILES string of the molecule is C[C@H](CCCC1(C)OCCO1)[C@H]1CC[C@H]2[C@@H]3CC=C4C[C@@H](O)C[C@H](O)[C@]4(C)[C@H]3CC[C@]12C. The highest BCUT2D eigenvalue weighted by atomic mass is 16.7. The second kappa shape index (κ2) is 8.36. The summed E-state index contributed by atoms with van der Waals surface area (Å²) in [5, 5.41) is 21.4. The highest BCUT2D eigenvalue weighted by molar-refractivity contribution is 5.27. The molecule has 0 unspecified atom stereocenters. The maximum Gasteiger partial charge on any atom is 0.165 e. The van der Waals surface area contributed by atoms with Crippen molar-refractivity contribution >= 4 is 0 Å². The molecule has 32 heavy (non-hydrogen) atoms. The monoisotopic (exact) mass is 446 g/mol. The molecular formula is C28H46O4. The van der Waals surface area contributed by atoms with Gasteiger partial charge in [0.05, 0.1) is 25.4 Å². The van der Waals surface area contributed by atoms with Gasteiger partial charge in [0.1, 0.15) is 0 Å². The first-order chi connectivity index (χ1) is 15.2. The zero-order valence-corrected chi connectivity index (χ0v) is 20.8. The van der Waals surface area contributed by atoms with Crippen LogP contribution in [0.4, 0.5) is 0 Å². The van der Waals surface area contributed by atoms with E-state index >= 15 is 0 Å². The van der Waals surface area contributed by atoms with Gasteiger partial charge < -0.3 is 19.7 Å². The molecule has 0 amide bonds. The normalized spacial score (nSPS) is 48.5. The van der Waals surface area contributed by atoms with Gasteiger partial charge in [-0.3, -0.25) is 0 Å². The lowest BCUT2D eigenvalue weighted by molar-refractivity contribution is -0.148. The highest BCUT2D eigenvalue weighted by Crippen LogP contribution is 2.67. The maximum atomic E-state index is 11.1. The number of hydrogen-bond acceptors (Lipinski definition) is 4. The van der Waals surface area contributed by atoms with E-state index in [4.69, 9.17) is 9.47 Å². The first-order valence-electron chi connectivity index (χ1n) is 13.5. The zero-order chi connectivity index (χ0) is 22.7. The lowest BCUT2D eigenvalue weighted by Gasteiger charge is -2.59. The largest absolute Gasteiger partial charge is 0.393 e. The van der Waals surface area contributed by atoms with Crippen molar-refractivity contribution in [3.8, 4) is 0 Å². The molecule has 2 N–H and O–H groups in total. The molecule has 1 heterocycles. The number of hydrogen-bond donors (Lipinski definition) is 2. The van der Waals surface area contributed by atoms with Crippen LogP contribution in [-0.4, -0.2) is 41.4 Å². The summed E-state index contributed by atoms with van der Waals surface area (Å²) in [6, 6.07) is 0. The highest BCUT2D eigenvalue weighted by Gasteiger charge is 2.60. The summed E-state index contributed by atoms with van der Waals surface area (Å²) < 4.78 is 11.6. The smallest absolute Gasteiger partial charge is 0.165 e. The molecule has 3 saturated carbocycles. The molecule has 9 atom stereocenters. The molecule has 4 fully saturated rings. The molecule has 0 radical (unpaired) electrons. The molecule has 0 bridgehead atoms. The molecule has 0 spiro atoms. The fourth-order valence-corrected chi connectivity index (χ4v) is 9.32. The van der Waals surface area contributed by atoms with Crippen molar-refractivity contribution in [3.63, 3.8) is 0 Å². The van der Waals surface area contributed by atoms with Crippen molar-refractivity contribution in [2.24, 2.45) is 40.4 Å². The first kappa shape index (κ1) is 23.3. The van der Waals surface area contributed by atoms with E-state index in [-0.39, 0.29) is 17.3 Å². The fraction of sp³-hybridized carbons (Fsp3) is 0.929. The number of ether oxygens (including phenoxy) is 2. The van der Waals surface area contributed by atoms with Crippen LogP contribution >= 0.6 is 0 Å². The molecule has 4 heteroatoms. The minimum absolute atomic E-state index is 0.121. The summed E-state index contributed by atoms with van der Waals surface area (Å²) in [4.78, 5) is 0. The van der Waals surface area contributed by atoms with Gasteiger partial charge in [-0.15, -0.1) is 0 Å². The van der Waals surface area contributed by atoms with Gasteiger partial charge in [0.15, 0.2) is 5.79 Å². The zero-order valence-electron chi connectivity index (χ0n) is 20.8. The first-order valence-corrected chi connectivity index (χ1v) is 13.5. The van der Waals surface area contributed by atoms with Crippen LogP contribution in [0.5, 0.6) is 0 Å². The minimum Gasteiger partial charge on any atom is -0.393 e. The molecule has 5 rings (SSSR count). The summed E-state index contributed by atoms with van der Waals surface area (Å²) in [6.07, 6.45) is 12.8. The van der Waals surface area contributed by atoms with Crippen LogP contribution in [0.2, 0.25) is 0 Å². The Morgan fingerprint density at radius 2 is 1.81 bits per heavy atom. The Balaban J connectivity index is 1.27. The van der Waals surface area contributed by atoms with Gasteiger partial charge in [0, 0.05) is 18.3 Å². The Hall–Kier alpha value is -0.420. The van der Waals surface area contributed by atoms with Crippen LogP contribution in [-0.2, 0) is 9.47 Å². The Kier molecular flexibility index (Phi) is 6.09. The van der Waals surface area contributed by atoms with E-state index in [9.17, 15) is 10.2 Å². The Bertz CT molecular complexity index is 727. The topological polar surface area (TPSA) is 58.9 Å². The Morgan fingerprint density at radius 3 is 2.56 bits per heavy atom. The van der Waals surface area contributed by atoms with Crippen molar-refractivity contribution in [1.82, 2.24) is 0 Å². The van der Waals surface area contributed by atoms with Crippen LogP contribution < -0.4 is 0 Å². The number of fused-ring (bicyclic) bond motifs is 5. The average Bonchev–Trinajstić information content (AvgIpc) is 3.32. The van der Waals surface area contributed by atoms with Crippen LogP contribution in [0.3, 0.4) is 0 Å². The third-order valence-corrected chi connectivity index (χ3v) is 11.1. The molecule has 1 aliphatic heterocycles. The number of allylic oxidation sites excluding steroid dienone is 1. The van der Waals surface area contributed by atoms with Gasteiger partial charge in [0.2, 0.25) is 0 Å². The summed E-state index contributed by atoms with van der Waals surface area (Å²) in [5.41, 5.74) is 1.66. The summed E-state index contributed by atoms with van der Waals surface area (Å²) >= 11 is 0. The Morgan fingerprint density at radius 1 is 1.06 bits per heavy atom. The lowest BCUT2D eigenvalue weighted by Crippen LogP contribution is -2.55. The van der Waals surface area contributed by atoms with Gasteiger partial charge in [-0.1, -0.05) is 38.8 Å². The van der Waals surface area contributed by atoms with Crippen LogP contribution in [0, 0.1) is 40.4 Å². The molecule has 0 aromatic heterocycles. The third-order valence-electron chi connectivity index (χ3n) is 11.1. The van der Waals surface area contributed by atoms with E-state index in [1.165, 1.54) is 44.1 Å². The van der Waals surface area contributed by atoms with E-state index in [1.54, 1.807) is 0 Å². The average molecular weight is 447 g/mol. The lowest BCUT2D eigenvalue weighted by atomic mass is 9.46. The molecule has 5 aliphatic rings. The second-order valence-electron chi connectivity index (χ2n) is 12.7. The van der Waals surface area contributed by atoms with Crippen LogP contribution in [0.25, 0.3) is 0 Å². The maximum absolute atomic E-state index is 11.1. The van der Waals surface area contributed by atoms with E-state index in [1.807, 2.05) is 0 Å². The second-order valence-corrected chi connectivity index (χ2v) is 12.7. The van der Waals surface area contributed by atoms with E-state index in [2.05, 4.69) is 33.8 Å². The van der Waals surface area contributed by atoms with Crippen LogP contribution in [0.15, 0.2) is 11.6 Å². The van der Waals surface area contributed by atoms with Gasteiger partial charge >= 0.3 is 0 Å². The summed E-state index contributed by atoms with van der Waals surface area (Å²) in [6.45, 7) is 11.0. The third kappa shape index (κ3) is 3.63. The van der Waals surface area contributed by atoms with Crippen molar-refractivity contribution < 1.29 is 19.7 Å². The summed E-state index contributed by atoms with van der Waals surface area (Å²) in [7, 11) is 0. The molecule has 1 saturated heterocycles. The van der Waals surface area contributed by atoms with Crippen molar-refractivity contribution in [1.29, 1.82) is 0 Å². The molecular weight excluding hydrogens is 400 g/mol. The van der Waals surface area contributed by atoms with Crippen LogP contribution in [0.1, 0.15) is 91.9 Å². The number of rotatable bonds is 5. The minimum atomic E-state index is -0.396. The quantitative estimate of drug-likeness (QED) is 0.550. The molecule has 4 nitrogen and oxygen atoms in total. The molecule has 182 valence electrons. The summed E-state index contributed by atoms with van der Waals surface area (Å²) in [5.74, 6) is 3.25. The molecule has 0 aromatic rings. The van der Waals surface area contributed by atoms with Gasteiger partial charge in [-0.2, -0.15) is 0 Å². The molecule has 0 aromatic carbocycles. The number of aliphatic hydroxyl groups is 2. The van der Waals surface area contributed by atoms with E-state index in [0.717, 1.165) is 50.2 Å². The van der Waals surface area contributed by atoms with Crippen molar-refractivity contribution in [3.05, 3.63) is 11.6 Å². The van der Waals surface area contributed by atoms with Crippen molar-refractivity contribution in [2.45, 2.75) is 110 Å². The predicted molar refractivity (Wildman–Crippen MR) is 126 cm³/mol. The van der Waals surface area contributed by atoms with Gasteiger partial charge in [0.25, 0.3) is 0 Å².